The lowest BCUT2D eigenvalue weighted by molar-refractivity contribution is -0.134. The molecule has 222 valence electrons. The summed E-state index contributed by atoms with van der Waals surface area (Å²) in [5.41, 5.74) is -0.676. The molecule has 3 heterocycles. The number of hydrogen-bond acceptors (Lipinski definition) is 8. The highest BCUT2D eigenvalue weighted by atomic mass is 16.5. The van der Waals surface area contributed by atoms with Gasteiger partial charge in [0.2, 0.25) is 11.8 Å². The summed E-state index contributed by atoms with van der Waals surface area (Å²) in [5.74, 6) is -0.140. The van der Waals surface area contributed by atoms with Crippen molar-refractivity contribution in [2.24, 2.45) is 11.3 Å². The molecule has 0 aromatic heterocycles. The summed E-state index contributed by atoms with van der Waals surface area (Å²) in [6.07, 6.45) is 3.73. The predicted octanol–water partition coefficient (Wildman–Crippen LogP) is 2.14. The standard InChI is InChI=1S/C30H41N5O6/c1-29(2)28(38)34(11-4-12-39-3)24-16-23(7-8-25(24)41-29)35(22-5-6-22)26(36)20-15-21(18-32-17-20)33-27(37)30(19-31)9-13-40-14-10-30/h7-8,16,20-22,32H,4-6,9-15,17-18H2,1-3H3,(H,33,37). The fourth-order valence-corrected chi connectivity index (χ4v) is 6.02. The number of fused-ring (bicyclic) bond motifs is 1. The zero-order valence-electron chi connectivity index (χ0n) is 24.2. The molecule has 2 unspecified atom stereocenters. The third-order valence-corrected chi connectivity index (χ3v) is 8.55. The molecule has 0 spiro atoms. The number of methoxy groups -OCH3 is 1. The first-order chi connectivity index (χ1) is 19.7. The van der Waals surface area contributed by atoms with Gasteiger partial charge in [-0.25, -0.2) is 0 Å². The second-order valence-corrected chi connectivity index (χ2v) is 12.1. The molecule has 4 aliphatic rings. The lowest BCUT2D eigenvalue weighted by Crippen LogP contribution is -2.56. The quantitative estimate of drug-likeness (QED) is 0.434. The highest BCUT2D eigenvalue weighted by Crippen LogP contribution is 2.43. The Kier molecular flexibility index (Phi) is 8.55. The van der Waals surface area contributed by atoms with E-state index in [0.29, 0.717) is 76.6 Å². The molecule has 1 aliphatic carbocycles. The molecule has 1 saturated carbocycles. The Morgan fingerprint density at radius 3 is 2.68 bits per heavy atom. The molecule has 11 nitrogen and oxygen atoms in total. The summed E-state index contributed by atoms with van der Waals surface area (Å²) in [7, 11) is 1.64. The first kappa shape index (κ1) is 29.3. The largest absolute Gasteiger partial charge is 0.476 e. The molecule has 2 N–H and O–H groups in total. The van der Waals surface area contributed by atoms with Gasteiger partial charge >= 0.3 is 0 Å². The molecule has 1 aromatic rings. The third kappa shape index (κ3) is 6.05. The predicted molar refractivity (Wildman–Crippen MR) is 152 cm³/mol. The minimum atomic E-state index is -1.08. The Hall–Kier alpha value is -3.20. The molecule has 41 heavy (non-hydrogen) atoms. The summed E-state index contributed by atoms with van der Waals surface area (Å²) in [5, 5.41) is 16.1. The van der Waals surface area contributed by atoms with E-state index in [-0.39, 0.29) is 35.7 Å². The van der Waals surface area contributed by atoms with E-state index in [4.69, 9.17) is 14.2 Å². The second kappa shape index (κ2) is 12.0. The van der Waals surface area contributed by atoms with Crippen LogP contribution < -0.4 is 25.2 Å². The first-order valence-corrected chi connectivity index (χ1v) is 14.7. The molecular formula is C30H41N5O6. The van der Waals surface area contributed by atoms with Crippen LogP contribution in [0, 0.1) is 22.7 Å². The number of amides is 3. The van der Waals surface area contributed by atoms with E-state index in [9.17, 15) is 19.6 Å². The maximum absolute atomic E-state index is 14.0. The molecule has 0 bridgehead atoms. The Balaban J connectivity index is 1.33. The van der Waals surface area contributed by atoms with E-state index in [0.717, 1.165) is 18.5 Å². The van der Waals surface area contributed by atoms with E-state index in [1.807, 2.05) is 23.1 Å². The zero-order chi connectivity index (χ0) is 29.2. The molecule has 1 aromatic carbocycles. The van der Waals surface area contributed by atoms with Crippen molar-refractivity contribution in [2.45, 2.75) is 70.1 Å². The molecule has 11 heteroatoms. The zero-order valence-corrected chi connectivity index (χ0v) is 24.2. The van der Waals surface area contributed by atoms with Gasteiger partial charge in [-0.1, -0.05) is 0 Å². The fraction of sp³-hybridized carbons (Fsp3) is 0.667. The van der Waals surface area contributed by atoms with E-state index >= 15 is 0 Å². The summed E-state index contributed by atoms with van der Waals surface area (Å²) in [4.78, 5) is 44.1. The van der Waals surface area contributed by atoms with Crippen LogP contribution in [0.1, 0.15) is 52.4 Å². The number of rotatable bonds is 9. The average Bonchev–Trinajstić information content (AvgIpc) is 3.81. The number of piperidine rings is 1. The van der Waals surface area contributed by atoms with Crippen LogP contribution >= 0.6 is 0 Å². The number of carbonyl (C=O) groups is 3. The molecule has 3 amide bonds. The van der Waals surface area contributed by atoms with Crippen LogP contribution in [-0.2, 0) is 23.9 Å². The van der Waals surface area contributed by atoms with Gasteiger partial charge in [0.05, 0.1) is 17.7 Å². The van der Waals surface area contributed by atoms with Crippen LogP contribution in [0.2, 0.25) is 0 Å². The Labute approximate surface area is 241 Å². The van der Waals surface area contributed by atoms with Crippen molar-refractivity contribution in [1.82, 2.24) is 10.6 Å². The second-order valence-electron chi connectivity index (χ2n) is 12.1. The number of ether oxygens (including phenoxy) is 3. The van der Waals surface area contributed by atoms with Crippen molar-refractivity contribution in [2.75, 3.05) is 56.4 Å². The van der Waals surface area contributed by atoms with Gasteiger partial charge in [0.15, 0.2) is 5.60 Å². The van der Waals surface area contributed by atoms with Crippen LogP contribution in [0.15, 0.2) is 18.2 Å². The lowest BCUT2D eigenvalue weighted by atomic mass is 9.80. The van der Waals surface area contributed by atoms with Crippen molar-refractivity contribution in [1.29, 1.82) is 5.26 Å². The summed E-state index contributed by atoms with van der Waals surface area (Å²) in [6, 6.07) is 7.70. The maximum atomic E-state index is 14.0. The van der Waals surface area contributed by atoms with Crippen LogP contribution in [0.25, 0.3) is 0 Å². The molecular weight excluding hydrogens is 526 g/mol. The van der Waals surface area contributed by atoms with E-state index in [2.05, 4.69) is 16.7 Å². The normalized spacial score (nSPS) is 24.9. The van der Waals surface area contributed by atoms with Crippen LogP contribution in [-0.4, -0.2) is 82.0 Å². The van der Waals surface area contributed by atoms with Gasteiger partial charge in [0.25, 0.3) is 5.91 Å². The van der Waals surface area contributed by atoms with E-state index in [1.165, 1.54) is 0 Å². The molecule has 5 rings (SSSR count). The number of nitrogens with one attached hydrogen (secondary N) is 2. The van der Waals surface area contributed by atoms with E-state index < -0.39 is 11.0 Å². The minimum Gasteiger partial charge on any atom is -0.476 e. The minimum absolute atomic E-state index is 0.00530. The van der Waals surface area contributed by atoms with E-state index in [1.54, 1.807) is 25.9 Å². The van der Waals surface area contributed by atoms with Crippen molar-refractivity contribution in [3.05, 3.63) is 18.2 Å². The summed E-state index contributed by atoms with van der Waals surface area (Å²) >= 11 is 0. The number of anilines is 2. The van der Waals surface area contributed by atoms with Crippen molar-refractivity contribution in [3.8, 4) is 11.8 Å². The van der Waals surface area contributed by atoms with Crippen molar-refractivity contribution in [3.63, 3.8) is 0 Å². The van der Waals surface area contributed by atoms with Crippen LogP contribution in [0.5, 0.6) is 5.75 Å². The molecule has 3 fully saturated rings. The summed E-state index contributed by atoms with van der Waals surface area (Å²) < 4.78 is 16.6. The SMILES string of the molecule is COCCCN1C(=O)C(C)(C)Oc2ccc(N(C(=O)C3CNCC(NC(=O)C4(C#N)CCOCC4)C3)C3CC3)cc21. The smallest absolute Gasteiger partial charge is 0.270 e. The van der Waals surface area contributed by atoms with Gasteiger partial charge in [0, 0.05) is 64.3 Å². The summed E-state index contributed by atoms with van der Waals surface area (Å²) in [6.45, 7) is 6.37. The number of nitrogens with zero attached hydrogens (tertiary/aromatic N) is 3. The van der Waals surface area contributed by atoms with Crippen molar-refractivity contribution < 1.29 is 28.6 Å². The molecule has 2 saturated heterocycles. The fourth-order valence-electron chi connectivity index (χ4n) is 6.02. The molecule has 3 aliphatic heterocycles. The Morgan fingerprint density at radius 1 is 1.24 bits per heavy atom. The highest BCUT2D eigenvalue weighted by molar-refractivity contribution is 6.04. The van der Waals surface area contributed by atoms with Gasteiger partial charge in [-0.3, -0.25) is 14.4 Å². The number of nitriles is 1. The average molecular weight is 568 g/mol. The van der Waals surface area contributed by atoms with Gasteiger partial charge < -0.3 is 34.6 Å². The highest BCUT2D eigenvalue weighted by Gasteiger charge is 2.44. The third-order valence-electron chi connectivity index (χ3n) is 8.55. The van der Waals surface area contributed by atoms with Crippen LogP contribution in [0.3, 0.4) is 0 Å². The number of hydrogen-bond donors (Lipinski definition) is 2. The number of benzene rings is 1. The maximum Gasteiger partial charge on any atom is 0.270 e. The first-order valence-electron chi connectivity index (χ1n) is 14.7. The Morgan fingerprint density at radius 2 is 2.00 bits per heavy atom. The van der Waals surface area contributed by atoms with Gasteiger partial charge in [0.1, 0.15) is 11.2 Å². The number of carbonyl (C=O) groups excluding carboxylic acids is 3. The van der Waals surface area contributed by atoms with Gasteiger partial charge in [-0.05, 0) is 70.6 Å². The molecule has 0 radical (unpaired) electrons. The van der Waals surface area contributed by atoms with Crippen molar-refractivity contribution >= 4 is 29.1 Å². The Bertz CT molecular complexity index is 1200. The van der Waals surface area contributed by atoms with Crippen LogP contribution in [0.4, 0.5) is 11.4 Å². The van der Waals surface area contributed by atoms with Gasteiger partial charge in [-0.2, -0.15) is 5.26 Å². The molecule has 2 atom stereocenters. The monoisotopic (exact) mass is 567 g/mol. The lowest BCUT2D eigenvalue weighted by Gasteiger charge is -2.40. The van der Waals surface area contributed by atoms with Gasteiger partial charge in [-0.15, -0.1) is 0 Å². The topological polar surface area (TPSA) is 133 Å².